The summed E-state index contributed by atoms with van der Waals surface area (Å²) >= 11 is 0. The minimum Gasteiger partial charge on any atom is -0.494 e. The van der Waals surface area contributed by atoms with Crippen LogP contribution < -0.4 is 10.1 Å². The Morgan fingerprint density at radius 1 is 1.33 bits per heavy atom. The van der Waals surface area contributed by atoms with Crippen LogP contribution in [0.5, 0.6) is 5.75 Å². The molecule has 0 spiro atoms. The van der Waals surface area contributed by atoms with Crippen LogP contribution in [0.25, 0.3) is 0 Å². The number of unbranched alkanes of at least 4 members (excludes halogenated alkanes) is 2. The highest BCUT2D eigenvalue weighted by Crippen LogP contribution is 2.15. The van der Waals surface area contributed by atoms with Gasteiger partial charge in [-0.25, -0.2) is 0 Å². The van der Waals surface area contributed by atoms with Crippen LogP contribution >= 0.6 is 0 Å². The van der Waals surface area contributed by atoms with Gasteiger partial charge in [0.25, 0.3) is 5.91 Å². The van der Waals surface area contributed by atoms with Gasteiger partial charge in [0.1, 0.15) is 11.4 Å². The minimum atomic E-state index is -0.667. The summed E-state index contributed by atoms with van der Waals surface area (Å²) in [5, 5.41) is 8.05. The molecule has 0 saturated carbocycles. The molecule has 0 atom stereocenters. The zero-order valence-corrected chi connectivity index (χ0v) is 11.9. The lowest BCUT2D eigenvalue weighted by atomic mass is 10.2. The molecule has 0 fully saturated rings. The number of aromatic amines is 1. The number of ether oxygens (including phenoxy) is 1. The summed E-state index contributed by atoms with van der Waals surface area (Å²) in [6, 6.07) is 6.74. The molecule has 0 bridgehead atoms. The van der Waals surface area contributed by atoms with Gasteiger partial charge < -0.3 is 10.1 Å². The molecule has 0 aliphatic rings. The summed E-state index contributed by atoms with van der Waals surface area (Å²) in [5.74, 6) is -0.343. The van der Waals surface area contributed by atoms with Gasteiger partial charge in [-0.3, -0.25) is 9.89 Å². The Kier molecular flexibility index (Phi) is 5.31. The first-order valence-electron chi connectivity index (χ1n) is 6.93. The monoisotopic (exact) mass is 291 g/mol. The Labute approximate surface area is 122 Å². The predicted octanol–water partition coefficient (Wildman–Crippen LogP) is 3.37. The molecule has 2 aromatic rings. The zero-order chi connectivity index (χ0) is 15.1. The topological polar surface area (TPSA) is 67.0 Å². The lowest BCUT2D eigenvalue weighted by Gasteiger charge is -2.07. The Bertz CT molecular complexity index is 581. The summed E-state index contributed by atoms with van der Waals surface area (Å²) in [6.45, 7) is 2.80. The fourth-order valence-electron chi connectivity index (χ4n) is 1.80. The average Bonchev–Trinajstić information content (AvgIpc) is 2.89. The quantitative estimate of drug-likeness (QED) is 0.769. The van der Waals surface area contributed by atoms with Crippen LogP contribution in [-0.2, 0) is 0 Å². The highest BCUT2D eigenvalue weighted by molar-refractivity contribution is 6.04. The fraction of sp³-hybridized carbons (Fsp3) is 0.333. The molecule has 0 unspecified atom stereocenters. The van der Waals surface area contributed by atoms with Gasteiger partial charge in [0.05, 0.1) is 12.8 Å². The lowest BCUT2D eigenvalue weighted by molar-refractivity contribution is 0.102. The van der Waals surface area contributed by atoms with Crippen molar-refractivity contribution < 1.29 is 13.9 Å². The average molecular weight is 291 g/mol. The molecule has 2 rings (SSSR count). The molecular weight excluding hydrogens is 273 g/mol. The first-order chi connectivity index (χ1) is 10.2. The number of aromatic nitrogens is 2. The van der Waals surface area contributed by atoms with E-state index in [4.69, 9.17) is 4.74 Å². The van der Waals surface area contributed by atoms with Gasteiger partial charge in [0.15, 0.2) is 0 Å². The van der Waals surface area contributed by atoms with Crippen LogP contribution in [-0.4, -0.2) is 22.7 Å². The molecular formula is C15H18FN3O2. The predicted molar refractivity (Wildman–Crippen MR) is 78.0 cm³/mol. The van der Waals surface area contributed by atoms with E-state index in [0.29, 0.717) is 12.2 Å². The molecule has 0 aliphatic heterocycles. The number of nitrogens with zero attached hydrogens (tertiary/aromatic N) is 1. The van der Waals surface area contributed by atoms with E-state index < -0.39 is 11.9 Å². The number of hydrogen-bond donors (Lipinski definition) is 2. The van der Waals surface area contributed by atoms with E-state index >= 15 is 0 Å². The van der Waals surface area contributed by atoms with Gasteiger partial charge in [-0.05, 0) is 30.7 Å². The maximum atomic E-state index is 13.1. The molecule has 6 heteroatoms. The van der Waals surface area contributed by atoms with Crippen LogP contribution in [0.2, 0.25) is 0 Å². The molecule has 0 radical (unpaired) electrons. The van der Waals surface area contributed by atoms with E-state index in [1.165, 1.54) is 6.20 Å². The number of halogens is 1. The second kappa shape index (κ2) is 7.42. The van der Waals surface area contributed by atoms with Crippen molar-refractivity contribution in [3.8, 4) is 5.75 Å². The van der Waals surface area contributed by atoms with Crippen molar-refractivity contribution in [2.45, 2.75) is 26.2 Å². The Balaban J connectivity index is 1.89. The zero-order valence-electron chi connectivity index (χ0n) is 11.9. The maximum Gasteiger partial charge on any atom is 0.255 e. The van der Waals surface area contributed by atoms with Gasteiger partial charge >= 0.3 is 0 Å². The summed E-state index contributed by atoms with van der Waals surface area (Å²) in [4.78, 5) is 11.9. The van der Waals surface area contributed by atoms with Crippen molar-refractivity contribution >= 4 is 11.6 Å². The van der Waals surface area contributed by atoms with E-state index in [0.717, 1.165) is 25.0 Å². The normalized spacial score (nSPS) is 10.4. The number of benzene rings is 1. The molecule has 21 heavy (non-hydrogen) atoms. The maximum absolute atomic E-state index is 13.1. The number of rotatable bonds is 7. The highest BCUT2D eigenvalue weighted by atomic mass is 19.1. The second-order valence-corrected chi connectivity index (χ2v) is 4.63. The van der Waals surface area contributed by atoms with E-state index in [1.807, 2.05) is 0 Å². The van der Waals surface area contributed by atoms with Gasteiger partial charge in [-0.1, -0.05) is 19.8 Å². The fourth-order valence-corrected chi connectivity index (χ4v) is 1.80. The van der Waals surface area contributed by atoms with Crippen LogP contribution in [0.3, 0.4) is 0 Å². The Morgan fingerprint density at radius 2 is 2.10 bits per heavy atom. The number of amides is 1. The summed E-state index contributed by atoms with van der Waals surface area (Å²) < 4.78 is 18.7. The van der Waals surface area contributed by atoms with Crippen molar-refractivity contribution in [2.75, 3.05) is 11.9 Å². The number of anilines is 1. The standard InChI is InChI=1S/C15H18FN3O2/c1-2-3-4-9-21-12-7-5-11(6-8-12)15(20)18-13-10-17-19-14(13)16/h5-8,10H,2-4,9H2,1H3,(H,17,19)(H,18,20). The third-order valence-corrected chi connectivity index (χ3v) is 2.97. The van der Waals surface area contributed by atoms with Gasteiger partial charge in [0, 0.05) is 5.56 Å². The largest absolute Gasteiger partial charge is 0.494 e. The molecule has 0 aliphatic carbocycles. The number of nitrogens with one attached hydrogen (secondary N) is 2. The molecule has 1 aromatic heterocycles. The summed E-state index contributed by atoms with van der Waals surface area (Å²) in [6.07, 6.45) is 4.51. The van der Waals surface area contributed by atoms with Gasteiger partial charge in [0.2, 0.25) is 5.95 Å². The van der Waals surface area contributed by atoms with Crippen LogP contribution in [0, 0.1) is 5.95 Å². The molecule has 112 valence electrons. The van der Waals surface area contributed by atoms with Crippen LogP contribution in [0.15, 0.2) is 30.5 Å². The van der Waals surface area contributed by atoms with Crippen LogP contribution in [0.4, 0.5) is 10.1 Å². The highest BCUT2D eigenvalue weighted by Gasteiger charge is 2.10. The molecule has 5 nitrogen and oxygen atoms in total. The summed E-state index contributed by atoms with van der Waals surface area (Å²) in [5.41, 5.74) is 0.455. The third-order valence-electron chi connectivity index (χ3n) is 2.97. The van der Waals surface area contributed by atoms with E-state index in [9.17, 15) is 9.18 Å². The number of hydrogen-bond acceptors (Lipinski definition) is 3. The Morgan fingerprint density at radius 3 is 2.71 bits per heavy atom. The van der Waals surface area contributed by atoms with E-state index in [1.54, 1.807) is 24.3 Å². The van der Waals surface area contributed by atoms with Crippen molar-refractivity contribution in [3.63, 3.8) is 0 Å². The molecule has 0 saturated heterocycles. The lowest BCUT2D eigenvalue weighted by Crippen LogP contribution is -2.12. The molecule has 1 heterocycles. The van der Waals surface area contributed by atoms with Gasteiger partial charge in [-0.15, -0.1) is 0 Å². The second-order valence-electron chi connectivity index (χ2n) is 4.63. The van der Waals surface area contributed by atoms with Crippen molar-refractivity contribution in [1.29, 1.82) is 0 Å². The number of carbonyl (C=O) groups is 1. The molecule has 1 amide bonds. The minimum absolute atomic E-state index is 0.0277. The van der Waals surface area contributed by atoms with Crippen molar-refractivity contribution in [3.05, 3.63) is 42.0 Å². The third kappa shape index (κ3) is 4.30. The first kappa shape index (κ1) is 15.0. The van der Waals surface area contributed by atoms with E-state index in [2.05, 4.69) is 22.4 Å². The Hall–Kier alpha value is -2.37. The molecule has 1 aromatic carbocycles. The summed E-state index contributed by atoms with van der Waals surface area (Å²) in [7, 11) is 0. The van der Waals surface area contributed by atoms with Gasteiger partial charge in [-0.2, -0.15) is 9.49 Å². The number of H-pyrrole nitrogens is 1. The van der Waals surface area contributed by atoms with E-state index in [-0.39, 0.29) is 5.69 Å². The van der Waals surface area contributed by atoms with Crippen LogP contribution in [0.1, 0.15) is 36.5 Å². The first-order valence-corrected chi connectivity index (χ1v) is 6.93. The van der Waals surface area contributed by atoms with Crippen molar-refractivity contribution in [2.24, 2.45) is 0 Å². The van der Waals surface area contributed by atoms with Crippen molar-refractivity contribution in [1.82, 2.24) is 10.2 Å². The SMILES string of the molecule is CCCCCOc1ccc(C(=O)Nc2cn[nH]c2F)cc1. The smallest absolute Gasteiger partial charge is 0.255 e. The number of carbonyl (C=O) groups excluding carboxylic acids is 1. The molecule has 2 N–H and O–H groups in total.